The highest BCUT2D eigenvalue weighted by molar-refractivity contribution is 5.86. The lowest BCUT2D eigenvalue weighted by Gasteiger charge is -2.39. The molecule has 1 heterocycles. The first kappa shape index (κ1) is 14.5. The predicted octanol–water partition coefficient (Wildman–Crippen LogP) is 1.19. The van der Waals surface area contributed by atoms with Crippen LogP contribution >= 0.6 is 0 Å². The number of carbonyl (C=O) groups excluding carboxylic acids is 1. The third kappa shape index (κ3) is 3.19. The zero-order chi connectivity index (χ0) is 12.9. The van der Waals surface area contributed by atoms with Crippen LogP contribution in [0.15, 0.2) is 0 Å². The average Bonchev–Trinajstić information content (AvgIpc) is 2.37. The molecule has 100 valence electrons. The van der Waals surface area contributed by atoms with Crippen molar-refractivity contribution in [3.8, 4) is 0 Å². The van der Waals surface area contributed by atoms with Crippen molar-refractivity contribution < 1.29 is 9.90 Å². The van der Waals surface area contributed by atoms with Crippen molar-refractivity contribution in [1.29, 1.82) is 0 Å². The van der Waals surface area contributed by atoms with E-state index in [9.17, 15) is 9.90 Å². The molecule has 1 saturated heterocycles. The highest BCUT2D eigenvalue weighted by atomic mass is 16.3. The summed E-state index contributed by atoms with van der Waals surface area (Å²) < 4.78 is 0. The number of rotatable bonds is 5. The third-order valence-electron chi connectivity index (χ3n) is 4.15. The molecule has 0 aromatic carbocycles. The van der Waals surface area contributed by atoms with Crippen molar-refractivity contribution in [2.45, 2.75) is 64.0 Å². The number of piperidine rings is 1. The van der Waals surface area contributed by atoms with Gasteiger partial charge in [-0.3, -0.25) is 4.79 Å². The Labute approximate surface area is 104 Å². The smallest absolute Gasteiger partial charge is 0.240 e. The molecule has 0 saturated carbocycles. The van der Waals surface area contributed by atoms with Gasteiger partial charge in [0.15, 0.2) is 0 Å². The Hall–Kier alpha value is -0.610. The van der Waals surface area contributed by atoms with Crippen LogP contribution in [0.4, 0.5) is 0 Å². The Morgan fingerprint density at radius 1 is 1.41 bits per heavy atom. The summed E-state index contributed by atoms with van der Waals surface area (Å²) in [5.41, 5.74) is -0.928. The first-order valence-electron chi connectivity index (χ1n) is 6.70. The Morgan fingerprint density at radius 2 is 2.06 bits per heavy atom. The molecule has 4 nitrogen and oxygen atoms in total. The van der Waals surface area contributed by atoms with Crippen LogP contribution in [0.3, 0.4) is 0 Å². The summed E-state index contributed by atoms with van der Waals surface area (Å²) in [4.78, 5) is 12.3. The van der Waals surface area contributed by atoms with E-state index < -0.39 is 11.1 Å². The number of hydrogen-bond donors (Lipinski definition) is 3. The average molecular weight is 242 g/mol. The number of nitrogens with one attached hydrogen (secondary N) is 2. The van der Waals surface area contributed by atoms with Gasteiger partial charge in [-0.15, -0.1) is 0 Å². The number of aliphatic hydroxyl groups is 1. The van der Waals surface area contributed by atoms with Gasteiger partial charge < -0.3 is 15.7 Å². The van der Waals surface area contributed by atoms with Crippen LogP contribution in [-0.2, 0) is 4.79 Å². The largest absolute Gasteiger partial charge is 0.394 e. The van der Waals surface area contributed by atoms with Crippen LogP contribution in [0.2, 0.25) is 0 Å². The van der Waals surface area contributed by atoms with Crippen LogP contribution in [-0.4, -0.2) is 35.2 Å². The van der Waals surface area contributed by atoms with Gasteiger partial charge in [0.2, 0.25) is 5.91 Å². The monoisotopic (exact) mass is 242 g/mol. The molecule has 0 aromatic rings. The molecule has 4 heteroatoms. The molecule has 3 N–H and O–H groups in total. The number of carbonyl (C=O) groups is 1. The van der Waals surface area contributed by atoms with Crippen LogP contribution in [0.5, 0.6) is 0 Å². The van der Waals surface area contributed by atoms with Crippen molar-refractivity contribution in [2.75, 3.05) is 13.2 Å². The van der Waals surface area contributed by atoms with Gasteiger partial charge in [-0.1, -0.05) is 13.8 Å². The third-order valence-corrected chi connectivity index (χ3v) is 4.15. The molecule has 0 radical (unpaired) electrons. The molecule has 1 unspecified atom stereocenters. The van der Waals surface area contributed by atoms with E-state index in [1.807, 2.05) is 20.8 Å². The van der Waals surface area contributed by atoms with E-state index in [1.165, 1.54) is 0 Å². The standard InChI is InChI=1S/C13H26N2O2/c1-4-13(5-2,10-16)15-11(17)12(3)8-6-7-9-14-12/h14,16H,4-10H2,1-3H3,(H,15,17). The molecular formula is C13H26N2O2. The zero-order valence-electron chi connectivity index (χ0n) is 11.3. The molecule has 17 heavy (non-hydrogen) atoms. The fourth-order valence-corrected chi connectivity index (χ4v) is 2.32. The van der Waals surface area contributed by atoms with Crippen LogP contribution < -0.4 is 10.6 Å². The molecule has 0 spiro atoms. The summed E-state index contributed by atoms with van der Waals surface area (Å²) in [5.74, 6) is 0.0231. The van der Waals surface area contributed by atoms with Gasteiger partial charge in [-0.25, -0.2) is 0 Å². The Morgan fingerprint density at radius 3 is 2.47 bits per heavy atom. The molecular weight excluding hydrogens is 216 g/mol. The van der Waals surface area contributed by atoms with E-state index in [4.69, 9.17) is 0 Å². The number of aliphatic hydroxyl groups excluding tert-OH is 1. The second-order valence-corrected chi connectivity index (χ2v) is 5.32. The summed E-state index contributed by atoms with van der Waals surface area (Å²) in [6, 6.07) is 0. The van der Waals surface area contributed by atoms with E-state index in [0.29, 0.717) is 0 Å². The molecule has 0 bridgehead atoms. The van der Waals surface area contributed by atoms with Crippen molar-refractivity contribution in [3.05, 3.63) is 0 Å². The second kappa shape index (κ2) is 5.83. The molecule has 1 amide bonds. The second-order valence-electron chi connectivity index (χ2n) is 5.32. The molecule has 1 atom stereocenters. The fraction of sp³-hybridized carbons (Fsp3) is 0.923. The predicted molar refractivity (Wildman–Crippen MR) is 68.8 cm³/mol. The minimum Gasteiger partial charge on any atom is -0.394 e. The maximum Gasteiger partial charge on any atom is 0.240 e. The Balaban J connectivity index is 2.69. The fourth-order valence-electron chi connectivity index (χ4n) is 2.32. The summed E-state index contributed by atoms with van der Waals surface area (Å²) >= 11 is 0. The lowest BCUT2D eigenvalue weighted by atomic mass is 9.87. The maximum absolute atomic E-state index is 12.3. The first-order valence-corrected chi connectivity index (χ1v) is 6.70. The maximum atomic E-state index is 12.3. The van der Waals surface area contributed by atoms with Gasteiger partial charge in [0.05, 0.1) is 17.7 Å². The minimum absolute atomic E-state index is 0.00181. The zero-order valence-corrected chi connectivity index (χ0v) is 11.3. The van der Waals surface area contributed by atoms with Gasteiger partial charge in [0.25, 0.3) is 0 Å². The van der Waals surface area contributed by atoms with Gasteiger partial charge in [-0.05, 0) is 45.6 Å². The van der Waals surface area contributed by atoms with Gasteiger partial charge in [0, 0.05) is 0 Å². The quantitative estimate of drug-likeness (QED) is 0.678. The molecule has 1 aliphatic heterocycles. The van der Waals surface area contributed by atoms with Gasteiger partial charge in [0.1, 0.15) is 0 Å². The lowest BCUT2D eigenvalue weighted by Crippen LogP contribution is -2.62. The molecule has 0 aliphatic carbocycles. The van der Waals surface area contributed by atoms with E-state index in [1.54, 1.807) is 0 Å². The molecule has 0 aromatic heterocycles. The first-order chi connectivity index (χ1) is 8.02. The van der Waals surface area contributed by atoms with E-state index in [0.717, 1.165) is 38.6 Å². The molecule has 1 fully saturated rings. The van der Waals surface area contributed by atoms with E-state index >= 15 is 0 Å². The summed E-state index contributed by atoms with van der Waals surface area (Å²) in [5, 5.41) is 15.8. The van der Waals surface area contributed by atoms with Crippen molar-refractivity contribution in [2.24, 2.45) is 0 Å². The van der Waals surface area contributed by atoms with Gasteiger partial charge >= 0.3 is 0 Å². The SMILES string of the molecule is CCC(CC)(CO)NC(=O)C1(C)CCCCN1. The highest BCUT2D eigenvalue weighted by Gasteiger charge is 2.38. The van der Waals surface area contributed by atoms with E-state index in [-0.39, 0.29) is 12.5 Å². The Kier molecular flexibility index (Phi) is 4.95. The lowest BCUT2D eigenvalue weighted by molar-refractivity contribution is -0.130. The van der Waals surface area contributed by atoms with Crippen molar-refractivity contribution in [3.63, 3.8) is 0 Å². The number of amides is 1. The van der Waals surface area contributed by atoms with E-state index in [2.05, 4.69) is 10.6 Å². The van der Waals surface area contributed by atoms with Crippen molar-refractivity contribution >= 4 is 5.91 Å². The molecule has 1 rings (SSSR count). The highest BCUT2D eigenvalue weighted by Crippen LogP contribution is 2.22. The van der Waals surface area contributed by atoms with Crippen LogP contribution in [0.25, 0.3) is 0 Å². The van der Waals surface area contributed by atoms with Crippen LogP contribution in [0.1, 0.15) is 52.9 Å². The van der Waals surface area contributed by atoms with Crippen molar-refractivity contribution in [1.82, 2.24) is 10.6 Å². The van der Waals surface area contributed by atoms with Crippen LogP contribution in [0, 0.1) is 0 Å². The Bertz CT molecular complexity index is 248. The van der Waals surface area contributed by atoms with Gasteiger partial charge in [-0.2, -0.15) is 0 Å². The minimum atomic E-state index is -0.469. The topological polar surface area (TPSA) is 61.4 Å². The summed E-state index contributed by atoms with van der Waals surface area (Å²) in [6.45, 7) is 6.85. The molecule has 1 aliphatic rings. The summed E-state index contributed by atoms with van der Waals surface area (Å²) in [6.07, 6.45) is 4.59. The number of hydrogen-bond acceptors (Lipinski definition) is 3. The normalized spacial score (nSPS) is 25.6. The summed E-state index contributed by atoms with van der Waals surface area (Å²) in [7, 11) is 0.